The number of nitrogens with one attached hydrogen (secondary N) is 1. The topological polar surface area (TPSA) is 81.7 Å². The van der Waals surface area contributed by atoms with Crippen LogP contribution in [0, 0.1) is 0 Å². The van der Waals surface area contributed by atoms with Gasteiger partial charge in [-0.15, -0.1) is 0 Å². The predicted octanol–water partition coefficient (Wildman–Crippen LogP) is 5.27. The number of rotatable bonds is 6. The van der Waals surface area contributed by atoms with E-state index in [1.54, 1.807) is 49.8 Å². The number of carbonyl (C=O) groups is 1. The van der Waals surface area contributed by atoms with Crippen molar-refractivity contribution in [3.8, 4) is 17.1 Å². The monoisotopic (exact) mass is 403 g/mol. The average molecular weight is 403 g/mol. The third-order valence-corrected chi connectivity index (χ3v) is 4.89. The number of aryl methyl sites for hydroxylation is 1. The van der Waals surface area contributed by atoms with E-state index in [1.165, 1.54) is 0 Å². The van der Waals surface area contributed by atoms with Gasteiger partial charge in [0.2, 0.25) is 0 Å². The summed E-state index contributed by atoms with van der Waals surface area (Å²) in [6, 6.07) is 16.0. The summed E-state index contributed by atoms with van der Waals surface area (Å²) in [5.74, 6) is 0.738. The van der Waals surface area contributed by atoms with E-state index in [-0.39, 0.29) is 5.56 Å². The van der Waals surface area contributed by atoms with Crippen LogP contribution in [0.2, 0.25) is 0 Å². The van der Waals surface area contributed by atoms with Crippen molar-refractivity contribution in [1.82, 2.24) is 0 Å². The fourth-order valence-electron chi connectivity index (χ4n) is 3.49. The van der Waals surface area contributed by atoms with Crippen molar-refractivity contribution in [1.29, 1.82) is 0 Å². The molecule has 0 radical (unpaired) electrons. The number of furan rings is 1. The number of amides is 1. The molecule has 0 bridgehead atoms. The number of benzene rings is 2. The highest BCUT2D eigenvalue weighted by Gasteiger charge is 2.19. The van der Waals surface area contributed by atoms with E-state index in [9.17, 15) is 9.59 Å². The van der Waals surface area contributed by atoms with Crippen LogP contribution >= 0.6 is 0 Å². The number of para-hydroxylation sites is 1. The highest BCUT2D eigenvalue weighted by Crippen LogP contribution is 2.30. The number of anilines is 1. The first kappa shape index (κ1) is 19.5. The largest absolute Gasteiger partial charge is 0.496 e. The lowest BCUT2D eigenvalue weighted by Crippen LogP contribution is -2.21. The highest BCUT2D eigenvalue weighted by molar-refractivity contribution is 6.07. The molecule has 1 N–H and O–H groups in total. The van der Waals surface area contributed by atoms with Crippen molar-refractivity contribution in [3.63, 3.8) is 0 Å². The fourth-order valence-corrected chi connectivity index (χ4v) is 3.49. The van der Waals surface area contributed by atoms with Crippen LogP contribution in [0.1, 0.15) is 29.3 Å². The Hall–Kier alpha value is -3.80. The minimum Gasteiger partial charge on any atom is -0.496 e. The molecule has 0 saturated heterocycles. The molecule has 4 rings (SSSR count). The van der Waals surface area contributed by atoms with Gasteiger partial charge < -0.3 is 18.9 Å². The molecule has 152 valence electrons. The second-order valence-corrected chi connectivity index (χ2v) is 6.84. The summed E-state index contributed by atoms with van der Waals surface area (Å²) in [7, 11) is 1.58. The van der Waals surface area contributed by atoms with Gasteiger partial charge in [0, 0.05) is 16.5 Å². The second kappa shape index (κ2) is 8.29. The summed E-state index contributed by atoms with van der Waals surface area (Å²) in [6.07, 6.45) is 3.13. The minimum absolute atomic E-state index is 0.0654. The molecule has 0 aliphatic carbocycles. The van der Waals surface area contributed by atoms with E-state index in [4.69, 9.17) is 13.6 Å². The van der Waals surface area contributed by atoms with Crippen LogP contribution in [-0.2, 0) is 6.42 Å². The van der Waals surface area contributed by atoms with Crippen LogP contribution in [0.15, 0.2) is 74.5 Å². The molecule has 0 atom stereocenters. The lowest BCUT2D eigenvalue weighted by atomic mass is 10.0. The lowest BCUT2D eigenvalue weighted by Gasteiger charge is -2.12. The molecular formula is C24H21NO5. The first-order valence-electron chi connectivity index (χ1n) is 9.70. The molecule has 0 aliphatic heterocycles. The normalized spacial score (nSPS) is 10.9. The van der Waals surface area contributed by atoms with E-state index >= 15 is 0 Å². The molecule has 2 heterocycles. The molecular weight excluding hydrogens is 382 g/mol. The lowest BCUT2D eigenvalue weighted by molar-refractivity contribution is 0.102. The number of ether oxygens (including phenoxy) is 1. The Labute approximate surface area is 173 Å². The Balaban J connectivity index is 1.73. The molecule has 0 unspecified atom stereocenters. The van der Waals surface area contributed by atoms with Crippen LogP contribution < -0.4 is 15.7 Å². The summed E-state index contributed by atoms with van der Waals surface area (Å²) in [5.41, 5.74) is 1.78. The van der Waals surface area contributed by atoms with Crippen molar-refractivity contribution in [3.05, 3.63) is 82.4 Å². The van der Waals surface area contributed by atoms with Gasteiger partial charge in [0.15, 0.2) is 0 Å². The Morgan fingerprint density at radius 3 is 2.67 bits per heavy atom. The summed E-state index contributed by atoms with van der Waals surface area (Å²) in [5, 5.41) is 3.47. The molecule has 2 aromatic carbocycles. The average Bonchev–Trinajstić information content (AvgIpc) is 3.29. The van der Waals surface area contributed by atoms with Crippen molar-refractivity contribution in [2.75, 3.05) is 12.4 Å². The number of fused-ring (bicyclic) bond motifs is 1. The standard InChI is InChI=1S/C24H21NO5/c1-3-7-17-20(28-2)12-11-15-14-18(24(27)30-22(15)17)23(26)25-19-9-5-4-8-16(19)21-10-6-13-29-21/h4-6,8-14H,3,7H2,1-2H3,(H,25,26). The van der Waals surface area contributed by atoms with Crippen LogP contribution in [0.5, 0.6) is 5.75 Å². The zero-order valence-electron chi connectivity index (χ0n) is 16.7. The van der Waals surface area contributed by atoms with Gasteiger partial charge in [0.25, 0.3) is 5.91 Å². The molecule has 6 nitrogen and oxygen atoms in total. The Morgan fingerprint density at radius 1 is 1.10 bits per heavy atom. The van der Waals surface area contributed by atoms with Crippen LogP contribution in [-0.4, -0.2) is 13.0 Å². The zero-order chi connectivity index (χ0) is 21.1. The van der Waals surface area contributed by atoms with E-state index in [2.05, 4.69) is 5.32 Å². The third-order valence-electron chi connectivity index (χ3n) is 4.89. The van der Waals surface area contributed by atoms with Crippen molar-refractivity contribution in [2.45, 2.75) is 19.8 Å². The van der Waals surface area contributed by atoms with Gasteiger partial charge in [-0.05, 0) is 48.9 Å². The quantitative estimate of drug-likeness (QED) is 0.444. The fraction of sp³-hybridized carbons (Fsp3) is 0.167. The molecule has 4 aromatic rings. The second-order valence-electron chi connectivity index (χ2n) is 6.84. The van der Waals surface area contributed by atoms with E-state index in [0.29, 0.717) is 34.6 Å². The van der Waals surface area contributed by atoms with E-state index < -0.39 is 11.5 Å². The first-order valence-corrected chi connectivity index (χ1v) is 9.70. The molecule has 0 spiro atoms. The van der Waals surface area contributed by atoms with Crippen molar-refractivity contribution >= 4 is 22.6 Å². The molecule has 0 saturated carbocycles. The molecule has 1 amide bonds. The van der Waals surface area contributed by atoms with Crippen LogP contribution in [0.3, 0.4) is 0 Å². The van der Waals surface area contributed by atoms with Crippen molar-refractivity contribution < 1.29 is 18.4 Å². The summed E-state index contributed by atoms with van der Waals surface area (Å²) >= 11 is 0. The molecule has 0 fully saturated rings. The SMILES string of the molecule is CCCc1c(OC)ccc2cc(C(=O)Nc3ccccc3-c3ccco3)c(=O)oc12. The summed E-state index contributed by atoms with van der Waals surface area (Å²) < 4.78 is 16.4. The van der Waals surface area contributed by atoms with Gasteiger partial charge in [-0.2, -0.15) is 0 Å². The number of hydrogen-bond donors (Lipinski definition) is 1. The summed E-state index contributed by atoms with van der Waals surface area (Å²) in [6.45, 7) is 2.04. The Bertz CT molecular complexity index is 1250. The van der Waals surface area contributed by atoms with Gasteiger partial charge in [-0.1, -0.05) is 25.5 Å². The Kier molecular flexibility index (Phi) is 5.39. The molecule has 6 heteroatoms. The van der Waals surface area contributed by atoms with Gasteiger partial charge >= 0.3 is 5.63 Å². The maximum absolute atomic E-state index is 12.9. The number of methoxy groups -OCH3 is 1. The smallest absolute Gasteiger partial charge is 0.349 e. The first-order chi connectivity index (χ1) is 14.6. The van der Waals surface area contributed by atoms with Crippen LogP contribution in [0.25, 0.3) is 22.3 Å². The van der Waals surface area contributed by atoms with Crippen LogP contribution in [0.4, 0.5) is 5.69 Å². The summed E-state index contributed by atoms with van der Waals surface area (Å²) in [4.78, 5) is 25.6. The predicted molar refractivity (Wildman–Crippen MR) is 115 cm³/mol. The maximum atomic E-state index is 12.9. The van der Waals surface area contributed by atoms with Gasteiger partial charge in [-0.25, -0.2) is 4.79 Å². The van der Waals surface area contributed by atoms with Gasteiger partial charge in [0.05, 0.1) is 19.1 Å². The molecule has 30 heavy (non-hydrogen) atoms. The zero-order valence-corrected chi connectivity index (χ0v) is 16.7. The van der Waals surface area contributed by atoms with E-state index in [0.717, 1.165) is 17.5 Å². The maximum Gasteiger partial charge on any atom is 0.349 e. The highest BCUT2D eigenvalue weighted by atomic mass is 16.5. The number of carbonyl (C=O) groups excluding carboxylic acids is 1. The van der Waals surface area contributed by atoms with Gasteiger partial charge in [-0.3, -0.25) is 4.79 Å². The minimum atomic E-state index is -0.693. The van der Waals surface area contributed by atoms with E-state index in [1.807, 2.05) is 25.1 Å². The Morgan fingerprint density at radius 2 is 1.93 bits per heavy atom. The third kappa shape index (κ3) is 3.59. The molecule has 2 aromatic heterocycles. The van der Waals surface area contributed by atoms with Gasteiger partial charge in [0.1, 0.15) is 22.7 Å². The molecule has 0 aliphatic rings. The number of hydrogen-bond acceptors (Lipinski definition) is 5. The van der Waals surface area contributed by atoms with Crippen molar-refractivity contribution in [2.24, 2.45) is 0 Å².